The highest BCUT2D eigenvalue weighted by atomic mass is 19.4. The van der Waals surface area contributed by atoms with Gasteiger partial charge in [0.05, 0.1) is 11.5 Å². The van der Waals surface area contributed by atoms with E-state index in [1.54, 1.807) is 26.0 Å². The fourth-order valence-electron chi connectivity index (χ4n) is 2.86. The summed E-state index contributed by atoms with van der Waals surface area (Å²) in [5.41, 5.74) is 0.772. The van der Waals surface area contributed by atoms with Gasteiger partial charge in [0.1, 0.15) is 0 Å². The van der Waals surface area contributed by atoms with Gasteiger partial charge >= 0.3 is 6.18 Å². The van der Waals surface area contributed by atoms with Crippen LogP contribution in [-0.4, -0.2) is 40.8 Å². The number of halogens is 3. The van der Waals surface area contributed by atoms with E-state index in [0.717, 1.165) is 5.56 Å². The summed E-state index contributed by atoms with van der Waals surface area (Å²) in [4.78, 5) is 13.9. The van der Waals surface area contributed by atoms with Crippen LogP contribution in [0.15, 0.2) is 24.3 Å². The number of nitrogens with zero attached hydrogens (tertiary/aromatic N) is 1. The molecule has 1 saturated heterocycles. The van der Waals surface area contributed by atoms with Gasteiger partial charge < -0.3 is 10.0 Å². The molecule has 1 fully saturated rings. The second kappa shape index (κ2) is 7.13. The van der Waals surface area contributed by atoms with Crippen molar-refractivity contribution in [3.05, 3.63) is 35.4 Å². The molecular formula is C18H24F3NO2. The number of hydrogen-bond donors (Lipinski definition) is 1. The molecule has 0 aliphatic carbocycles. The van der Waals surface area contributed by atoms with Gasteiger partial charge in [-0.1, -0.05) is 12.1 Å². The van der Waals surface area contributed by atoms with Crippen molar-refractivity contribution in [2.75, 3.05) is 13.1 Å². The van der Waals surface area contributed by atoms with Crippen LogP contribution in [0.3, 0.4) is 0 Å². The molecule has 1 N–H and O–H groups in total. The van der Waals surface area contributed by atoms with Gasteiger partial charge in [0.25, 0.3) is 5.91 Å². The molecule has 0 bridgehead atoms. The van der Waals surface area contributed by atoms with E-state index in [4.69, 9.17) is 0 Å². The highest BCUT2D eigenvalue weighted by molar-refractivity contribution is 5.94. The first-order chi connectivity index (χ1) is 11.1. The number of likely N-dealkylation sites (tertiary alicyclic amines) is 1. The highest BCUT2D eigenvalue weighted by Gasteiger charge is 2.41. The van der Waals surface area contributed by atoms with Crippen molar-refractivity contribution < 1.29 is 23.1 Å². The first-order valence-electron chi connectivity index (χ1n) is 8.23. The molecule has 0 aromatic heterocycles. The Labute approximate surface area is 140 Å². The normalized spacial score (nSPS) is 17.2. The van der Waals surface area contributed by atoms with Gasteiger partial charge in [-0.15, -0.1) is 0 Å². The van der Waals surface area contributed by atoms with Crippen molar-refractivity contribution in [1.82, 2.24) is 4.90 Å². The molecule has 134 valence electrons. The van der Waals surface area contributed by atoms with Crippen LogP contribution in [0.25, 0.3) is 0 Å². The Kier molecular flexibility index (Phi) is 5.58. The summed E-state index contributed by atoms with van der Waals surface area (Å²) in [6.45, 7) is 3.78. The molecule has 1 aromatic rings. The lowest BCUT2D eigenvalue weighted by Crippen LogP contribution is -2.42. The van der Waals surface area contributed by atoms with Crippen molar-refractivity contribution >= 4 is 5.91 Å². The summed E-state index contributed by atoms with van der Waals surface area (Å²) >= 11 is 0. The fourth-order valence-corrected chi connectivity index (χ4v) is 2.86. The smallest absolute Gasteiger partial charge is 0.390 e. The number of aryl methyl sites for hydroxylation is 1. The van der Waals surface area contributed by atoms with Crippen LogP contribution in [-0.2, 0) is 6.42 Å². The summed E-state index contributed by atoms with van der Waals surface area (Å²) in [5.74, 6) is -1.52. The molecule has 6 heteroatoms. The van der Waals surface area contributed by atoms with E-state index in [9.17, 15) is 23.1 Å². The van der Waals surface area contributed by atoms with E-state index in [1.807, 2.05) is 12.1 Å². The van der Waals surface area contributed by atoms with Crippen LogP contribution in [0.2, 0.25) is 0 Å². The van der Waals surface area contributed by atoms with Gasteiger partial charge in [-0.25, -0.2) is 0 Å². The van der Waals surface area contributed by atoms with Crippen molar-refractivity contribution in [2.24, 2.45) is 5.92 Å². The SMILES string of the molecule is CC(C)(O)CCc1ccc(C(=O)N2CCC(C(F)(F)F)CC2)cc1. The maximum Gasteiger partial charge on any atom is 0.391 e. The number of alkyl halides is 3. The Morgan fingerprint density at radius 3 is 2.17 bits per heavy atom. The number of piperidine rings is 1. The quantitative estimate of drug-likeness (QED) is 0.903. The number of rotatable bonds is 4. The van der Waals surface area contributed by atoms with E-state index in [0.29, 0.717) is 18.4 Å². The minimum Gasteiger partial charge on any atom is -0.390 e. The molecule has 0 spiro atoms. The Balaban J connectivity index is 1.91. The Morgan fingerprint density at radius 2 is 1.71 bits per heavy atom. The van der Waals surface area contributed by atoms with E-state index in [2.05, 4.69) is 0 Å². The lowest BCUT2D eigenvalue weighted by molar-refractivity contribution is -0.183. The van der Waals surface area contributed by atoms with Crippen LogP contribution >= 0.6 is 0 Å². The van der Waals surface area contributed by atoms with Gasteiger partial charge in [-0.2, -0.15) is 13.2 Å². The van der Waals surface area contributed by atoms with Crippen LogP contribution in [0.4, 0.5) is 13.2 Å². The third kappa shape index (κ3) is 5.23. The molecule has 1 amide bonds. The maximum absolute atomic E-state index is 12.7. The largest absolute Gasteiger partial charge is 0.391 e. The second-order valence-electron chi connectivity index (χ2n) is 7.12. The lowest BCUT2D eigenvalue weighted by Gasteiger charge is -2.33. The first-order valence-corrected chi connectivity index (χ1v) is 8.23. The number of amides is 1. The predicted molar refractivity (Wildman–Crippen MR) is 85.7 cm³/mol. The number of carbonyl (C=O) groups excluding carboxylic acids is 1. The lowest BCUT2D eigenvalue weighted by atomic mass is 9.95. The molecular weight excluding hydrogens is 319 g/mol. The minimum absolute atomic E-state index is 0.0289. The topological polar surface area (TPSA) is 40.5 Å². The van der Waals surface area contributed by atoms with E-state index in [-0.39, 0.29) is 31.8 Å². The Morgan fingerprint density at radius 1 is 1.17 bits per heavy atom. The summed E-state index contributed by atoms with van der Waals surface area (Å²) < 4.78 is 38.0. The van der Waals surface area contributed by atoms with Gasteiger partial charge in [0, 0.05) is 18.7 Å². The average molecular weight is 343 g/mol. The van der Waals surface area contributed by atoms with Crippen molar-refractivity contribution in [1.29, 1.82) is 0 Å². The molecule has 1 aliphatic heterocycles. The minimum atomic E-state index is -4.17. The van der Waals surface area contributed by atoms with Gasteiger partial charge in [0.15, 0.2) is 0 Å². The summed E-state index contributed by atoms with van der Waals surface area (Å²) in [6, 6.07) is 7.08. The number of carbonyl (C=O) groups is 1. The van der Waals surface area contributed by atoms with Crippen LogP contribution in [0.5, 0.6) is 0 Å². The molecule has 1 heterocycles. The summed E-state index contributed by atoms with van der Waals surface area (Å²) in [6.07, 6.45) is -2.91. The van der Waals surface area contributed by atoms with Crippen LogP contribution < -0.4 is 0 Å². The van der Waals surface area contributed by atoms with E-state index < -0.39 is 17.7 Å². The number of benzene rings is 1. The molecule has 0 unspecified atom stereocenters. The molecule has 1 aliphatic rings. The zero-order chi connectivity index (χ0) is 18.0. The predicted octanol–water partition coefficient (Wildman–Crippen LogP) is 3.80. The highest BCUT2D eigenvalue weighted by Crippen LogP contribution is 2.34. The van der Waals surface area contributed by atoms with Crippen molar-refractivity contribution in [3.8, 4) is 0 Å². The zero-order valence-electron chi connectivity index (χ0n) is 14.1. The van der Waals surface area contributed by atoms with Gasteiger partial charge in [-0.3, -0.25) is 4.79 Å². The zero-order valence-corrected chi connectivity index (χ0v) is 14.1. The fraction of sp³-hybridized carbons (Fsp3) is 0.611. The van der Waals surface area contributed by atoms with Crippen LogP contribution in [0, 0.1) is 5.92 Å². The van der Waals surface area contributed by atoms with Crippen molar-refractivity contribution in [3.63, 3.8) is 0 Å². The third-order valence-electron chi connectivity index (χ3n) is 4.47. The molecule has 2 rings (SSSR count). The summed E-state index contributed by atoms with van der Waals surface area (Å²) in [7, 11) is 0. The number of hydrogen-bond acceptors (Lipinski definition) is 2. The van der Waals surface area contributed by atoms with Crippen molar-refractivity contribution in [2.45, 2.75) is 51.3 Å². The molecule has 0 atom stereocenters. The standard InChI is InChI=1S/C18H24F3NO2/c1-17(2,24)10-7-13-3-5-14(6-4-13)16(23)22-11-8-15(9-12-22)18(19,20)21/h3-6,15,24H,7-12H2,1-2H3. The third-order valence-corrected chi connectivity index (χ3v) is 4.47. The Hall–Kier alpha value is -1.56. The van der Waals surface area contributed by atoms with Gasteiger partial charge in [-0.05, 0) is 57.2 Å². The maximum atomic E-state index is 12.7. The van der Waals surface area contributed by atoms with Crippen LogP contribution in [0.1, 0.15) is 49.0 Å². The van der Waals surface area contributed by atoms with Gasteiger partial charge in [0.2, 0.25) is 0 Å². The Bertz CT molecular complexity index is 553. The summed E-state index contributed by atoms with van der Waals surface area (Å²) in [5, 5.41) is 9.73. The van der Waals surface area contributed by atoms with E-state index in [1.165, 1.54) is 4.90 Å². The molecule has 1 aromatic carbocycles. The second-order valence-corrected chi connectivity index (χ2v) is 7.12. The van der Waals surface area contributed by atoms with E-state index >= 15 is 0 Å². The average Bonchev–Trinajstić information content (AvgIpc) is 2.51. The number of aliphatic hydroxyl groups is 1. The molecule has 24 heavy (non-hydrogen) atoms. The molecule has 0 radical (unpaired) electrons. The first kappa shape index (κ1) is 18.8. The molecule has 3 nitrogen and oxygen atoms in total. The monoisotopic (exact) mass is 343 g/mol. The molecule has 0 saturated carbocycles.